The molecule has 0 radical (unpaired) electrons. The Bertz CT molecular complexity index is 496. The van der Waals surface area contributed by atoms with E-state index >= 15 is 0 Å². The van der Waals surface area contributed by atoms with Crippen LogP contribution in [-0.2, 0) is 6.54 Å². The van der Waals surface area contributed by atoms with Gasteiger partial charge in [-0.15, -0.1) is 0 Å². The van der Waals surface area contributed by atoms with Gasteiger partial charge in [0, 0.05) is 30.5 Å². The molecule has 0 saturated carbocycles. The summed E-state index contributed by atoms with van der Waals surface area (Å²) in [6.45, 7) is 2.72. The van der Waals surface area contributed by atoms with Gasteiger partial charge in [0.25, 0.3) is 0 Å². The van der Waals surface area contributed by atoms with Gasteiger partial charge in [0.1, 0.15) is 0 Å². The van der Waals surface area contributed by atoms with Gasteiger partial charge in [0.2, 0.25) is 5.95 Å². The molecule has 0 aliphatic heterocycles. The predicted octanol–water partition coefficient (Wildman–Crippen LogP) is 3.07. The lowest BCUT2D eigenvalue weighted by atomic mass is 10.2. The normalized spacial score (nSPS) is 10.3. The molecule has 2 aromatic rings. The number of benzene rings is 1. The van der Waals surface area contributed by atoms with Gasteiger partial charge >= 0.3 is 0 Å². The van der Waals surface area contributed by atoms with E-state index in [0.717, 1.165) is 23.2 Å². The van der Waals surface area contributed by atoms with Crippen LogP contribution in [0.25, 0.3) is 0 Å². The molecule has 2 rings (SSSR count). The smallest absolute Gasteiger partial charge is 0.225 e. The van der Waals surface area contributed by atoms with Gasteiger partial charge in [-0.2, -0.15) is 0 Å². The molecule has 0 unspecified atom stereocenters. The fraction of sp³-hybridized carbons (Fsp3) is 0.231. The van der Waals surface area contributed by atoms with Gasteiger partial charge in [-0.05, 0) is 30.7 Å². The van der Waals surface area contributed by atoms with Gasteiger partial charge in [-0.25, -0.2) is 9.97 Å². The highest BCUT2D eigenvalue weighted by atomic mass is 35.5. The summed E-state index contributed by atoms with van der Waals surface area (Å²) >= 11 is 5.85. The van der Waals surface area contributed by atoms with Crippen molar-refractivity contribution in [1.29, 1.82) is 0 Å². The lowest BCUT2D eigenvalue weighted by Gasteiger charge is -2.17. The predicted molar refractivity (Wildman–Crippen MR) is 70.3 cm³/mol. The molecule has 0 spiro atoms. The van der Waals surface area contributed by atoms with Crippen LogP contribution in [0.4, 0.5) is 5.95 Å². The molecule has 1 aromatic carbocycles. The Balaban J connectivity index is 2.11. The Labute approximate surface area is 106 Å². The lowest BCUT2D eigenvalue weighted by Crippen LogP contribution is -2.19. The van der Waals surface area contributed by atoms with Crippen LogP contribution in [0.2, 0.25) is 5.02 Å². The maximum absolute atomic E-state index is 5.85. The van der Waals surface area contributed by atoms with Crippen molar-refractivity contribution in [2.45, 2.75) is 13.5 Å². The lowest BCUT2D eigenvalue weighted by molar-refractivity contribution is 0.859. The Morgan fingerprint density at radius 2 is 1.88 bits per heavy atom. The van der Waals surface area contributed by atoms with E-state index in [1.807, 2.05) is 49.2 Å². The average molecular weight is 248 g/mol. The molecular formula is C13H14ClN3. The van der Waals surface area contributed by atoms with E-state index in [1.165, 1.54) is 5.56 Å². The van der Waals surface area contributed by atoms with Crippen molar-refractivity contribution in [2.75, 3.05) is 11.9 Å². The van der Waals surface area contributed by atoms with Crippen molar-refractivity contribution in [3.63, 3.8) is 0 Å². The molecule has 4 heteroatoms. The van der Waals surface area contributed by atoms with Crippen LogP contribution in [0.3, 0.4) is 0 Å². The van der Waals surface area contributed by atoms with Crippen molar-refractivity contribution >= 4 is 17.5 Å². The van der Waals surface area contributed by atoms with Gasteiger partial charge in [0.15, 0.2) is 0 Å². The van der Waals surface area contributed by atoms with E-state index in [9.17, 15) is 0 Å². The number of nitrogens with zero attached hydrogens (tertiary/aromatic N) is 3. The first-order valence-electron chi connectivity index (χ1n) is 5.40. The molecule has 0 fully saturated rings. The zero-order chi connectivity index (χ0) is 12.3. The molecule has 88 valence electrons. The molecule has 0 aliphatic rings. The number of hydrogen-bond acceptors (Lipinski definition) is 3. The third kappa shape index (κ3) is 3.17. The van der Waals surface area contributed by atoms with Crippen molar-refractivity contribution in [3.8, 4) is 0 Å². The van der Waals surface area contributed by atoms with Crippen LogP contribution < -0.4 is 4.90 Å². The Hall–Kier alpha value is -1.61. The van der Waals surface area contributed by atoms with Crippen molar-refractivity contribution in [2.24, 2.45) is 0 Å². The van der Waals surface area contributed by atoms with E-state index in [0.29, 0.717) is 0 Å². The second-order valence-corrected chi connectivity index (χ2v) is 4.42. The third-order valence-electron chi connectivity index (χ3n) is 2.46. The van der Waals surface area contributed by atoms with Gasteiger partial charge in [-0.3, -0.25) is 0 Å². The molecular weight excluding hydrogens is 234 g/mol. The standard InChI is InChI=1S/C13H14ClN3/c1-10-7-8-15-13(16-10)17(2)9-11-3-5-12(14)6-4-11/h3-8H,9H2,1-2H3. The van der Waals surface area contributed by atoms with Gasteiger partial charge < -0.3 is 4.90 Å². The summed E-state index contributed by atoms with van der Waals surface area (Å²) < 4.78 is 0. The number of aromatic nitrogens is 2. The molecule has 0 bridgehead atoms. The largest absolute Gasteiger partial charge is 0.340 e. The number of rotatable bonds is 3. The zero-order valence-electron chi connectivity index (χ0n) is 9.89. The molecule has 0 N–H and O–H groups in total. The minimum atomic E-state index is 0.736. The summed E-state index contributed by atoms with van der Waals surface area (Å²) in [4.78, 5) is 10.6. The molecule has 0 aliphatic carbocycles. The van der Waals surface area contributed by atoms with Crippen molar-refractivity contribution < 1.29 is 0 Å². The number of aryl methyl sites for hydroxylation is 1. The summed E-state index contributed by atoms with van der Waals surface area (Å²) in [6.07, 6.45) is 1.77. The molecule has 0 atom stereocenters. The molecule has 1 heterocycles. The topological polar surface area (TPSA) is 29.0 Å². The van der Waals surface area contributed by atoms with E-state index < -0.39 is 0 Å². The van der Waals surface area contributed by atoms with Crippen LogP contribution in [0, 0.1) is 6.92 Å². The minimum Gasteiger partial charge on any atom is -0.340 e. The van der Waals surface area contributed by atoms with Crippen molar-refractivity contribution in [1.82, 2.24) is 9.97 Å². The third-order valence-corrected chi connectivity index (χ3v) is 2.71. The van der Waals surface area contributed by atoms with E-state index in [1.54, 1.807) is 6.20 Å². The summed E-state index contributed by atoms with van der Waals surface area (Å²) in [5.74, 6) is 0.736. The monoisotopic (exact) mass is 247 g/mol. The summed E-state index contributed by atoms with van der Waals surface area (Å²) in [5, 5.41) is 0.753. The molecule has 17 heavy (non-hydrogen) atoms. The van der Waals surface area contributed by atoms with Gasteiger partial charge in [-0.1, -0.05) is 23.7 Å². The Morgan fingerprint density at radius 3 is 2.53 bits per heavy atom. The molecule has 3 nitrogen and oxygen atoms in total. The highest BCUT2D eigenvalue weighted by Gasteiger charge is 2.04. The second kappa shape index (κ2) is 5.15. The Morgan fingerprint density at radius 1 is 1.18 bits per heavy atom. The molecule has 0 amide bonds. The van der Waals surface area contributed by atoms with Crippen LogP contribution in [0.1, 0.15) is 11.3 Å². The SMILES string of the molecule is Cc1ccnc(N(C)Cc2ccc(Cl)cc2)n1. The fourth-order valence-corrected chi connectivity index (χ4v) is 1.68. The second-order valence-electron chi connectivity index (χ2n) is 3.98. The summed E-state index contributed by atoms with van der Waals surface area (Å²) in [7, 11) is 1.98. The molecule has 1 aromatic heterocycles. The summed E-state index contributed by atoms with van der Waals surface area (Å²) in [5.41, 5.74) is 2.15. The van der Waals surface area contributed by atoms with Crippen LogP contribution in [0.15, 0.2) is 36.5 Å². The fourth-order valence-electron chi connectivity index (χ4n) is 1.55. The highest BCUT2D eigenvalue weighted by Crippen LogP contribution is 2.13. The van der Waals surface area contributed by atoms with E-state index in [4.69, 9.17) is 11.6 Å². The average Bonchev–Trinajstić information content (AvgIpc) is 2.32. The maximum atomic E-state index is 5.85. The number of halogens is 1. The zero-order valence-corrected chi connectivity index (χ0v) is 10.6. The van der Waals surface area contributed by atoms with E-state index in [-0.39, 0.29) is 0 Å². The number of hydrogen-bond donors (Lipinski definition) is 0. The van der Waals surface area contributed by atoms with Gasteiger partial charge in [0.05, 0.1) is 0 Å². The number of anilines is 1. The van der Waals surface area contributed by atoms with Crippen LogP contribution in [0.5, 0.6) is 0 Å². The maximum Gasteiger partial charge on any atom is 0.225 e. The van der Waals surface area contributed by atoms with Crippen molar-refractivity contribution in [3.05, 3.63) is 52.8 Å². The first-order chi connectivity index (χ1) is 8.15. The Kier molecular flexibility index (Phi) is 3.59. The highest BCUT2D eigenvalue weighted by molar-refractivity contribution is 6.30. The van der Waals surface area contributed by atoms with Crippen LogP contribution >= 0.6 is 11.6 Å². The minimum absolute atomic E-state index is 0.736. The molecule has 0 saturated heterocycles. The van der Waals surface area contributed by atoms with Crippen LogP contribution in [-0.4, -0.2) is 17.0 Å². The summed E-state index contributed by atoms with van der Waals surface area (Å²) in [6, 6.07) is 9.69. The first kappa shape index (κ1) is 11.9. The quantitative estimate of drug-likeness (QED) is 0.835. The van der Waals surface area contributed by atoms with E-state index in [2.05, 4.69) is 9.97 Å². The first-order valence-corrected chi connectivity index (χ1v) is 5.78.